The summed E-state index contributed by atoms with van der Waals surface area (Å²) in [4.78, 5) is 10.0. The summed E-state index contributed by atoms with van der Waals surface area (Å²) in [7, 11) is 0. The minimum absolute atomic E-state index is 0.0709. The van der Waals surface area contributed by atoms with E-state index in [1.165, 1.54) is 0 Å². The number of allylic oxidation sites excluding steroid dienone is 2. The van der Waals surface area contributed by atoms with Crippen molar-refractivity contribution in [1.82, 2.24) is 0 Å². The average Bonchev–Trinajstić information content (AvgIpc) is 2.80. The van der Waals surface area contributed by atoms with Crippen molar-refractivity contribution in [3.63, 3.8) is 0 Å². The molecule has 0 aliphatic heterocycles. The van der Waals surface area contributed by atoms with Gasteiger partial charge in [-0.15, -0.1) is 0 Å². The van der Waals surface area contributed by atoms with Gasteiger partial charge in [0.25, 0.3) is 5.69 Å². The number of hydrogen-bond acceptors (Lipinski definition) is 4. The third kappa shape index (κ3) is 3.59. The maximum absolute atomic E-state index is 12.6. The molecule has 112 valence electrons. The van der Waals surface area contributed by atoms with Crippen molar-refractivity contribution in [3.8, 4) is 0 Å². The Morgan fingerprint density at radius 2 is 2.05 bits per heavy atom. The molecule has 1 N–H and O–H groups in total. The minimum Gasteiger partial charge on any atom is -0.271 e. The molecule has 0 bridgehead atoms. The Balaban J connectivity index is 2.29. The molecule has 1 aliphatic carbocycles. The lowest BCUT2D eigenvalue weighted by molar-refractivity contribution is -0.384. The van der Waals surface area contributed by atoms with Crippen molar-refractivity contribution in [2.45, 2.75) is 25.9 Å². The number of hydrogen-bond donors (Lipinski definition) is 1. The molecular weight excluding hydrogens is 287 g/mol. The summed E-state index contributed by atoms with van der Waals surface area (Å²) in [5.41, 5.74) is 2.52. The van der Waals surface area contributed by atoms with Crippen LogP contribution >= 0.6 is 0 Å². The summed E-state index contributed by atoms with van der Waals surface area (Å²) in [5.74, 6) is 0. The van der Waals surface area contributed by atoms with Crippen LogP contribution in [0, 0.1) is 10.1 Å². The van der Waals surface area contributed by atoms with E-state index in [1.54, 1.807) is 0 Å². The van der Waals surface area contributed by atoms with Crippen LogP contribution in [0.4, 0.5) is 24.5 Å². The molecule has 0 spiro atoms. The van der Waals surface area contributed by atoms with Gasteiger partial charge in [-0.25, -0.2) is 0 Å². The molecule has 0 heterocycles. The van der Waals surface area contributed by atoms with Crippen LogP contribution in [0.1, 0.15) is 25.3 Å². The molecule has 1 aliphatic rings. The van der Waals surface area contributed by atoms with E-state index in [2.05, 4.69) is 10.5 Å². The van der Waals surface area contributed by atoms with Crippen molar-refractivity contribution in [2.24, 2.45) is 5.10 Å². The van der Waals surface area contributed by atoms with Crippen LogP contribution in [0.5, 0.6) is 0 Å². The summed E-state index contributed by atoms with van der Waals surface area (Å²) in [5, 5.41) is 14.9. The van der Waals surface area contributed by atoms with Crippen molar-refractivity contribution >= 4 is 17.1 Å². The number of hydrazone groups is 1. The Kier molecular flexibility index (Phi) is 3.97. The van der Waals surface area contributed by atoms with Gasteiger partial charge in [0, 0.05) is 6.07 Å². The molecule has 1 aromatic carbocycles. The van der Waals surface area contributed by atoms with Gasteiger partial charge in [0.1, 0.15) is 5.69 Å². The lowest BCUT2D eigenvalue weighted by Crippen LogP contribution is -2.07. The molecule has 2 rings (SSSR count). The van der Waals surface area contributed by atoms with Gasteiger partial charge < -0.3 is 0 Å². The standard InChI is InChI=1S/C13H12F3N3O2/c1-8-2-4-10(6-8)17-18-11-5-3-9(13(14,15)16)7-12(11)19(20)21/h3,5-7,18H,2,4H2,1H3/b17-10+. The molecule has 0 amide bonds. The predicted octanol–water partition coefficient (Wildman–Crippen LogP) is 4.12. The molecule has 0 unspecified atom stereocenters. The SMILES string of the molecule is CC1=C/C(=N/Nc2ccc(C(F)(F)F)cc2[N+](=O)[O-])CC1. The fourth-order valence-corrected chi connectivity index (χ4v) is 1.93. The van der Waals surface area contributed by atoms with E-state index in [9.17, 15) is 23.3 Å². The smallest absolute Gasteiger partial charge is 0.271 e. The predicted molar refractivity (Wildman–Crippen MR) is 72.1 cm³/mol. The zero-order chi connectivity index (χ0) is 15.6. The zero-order valence-corrected chi connectivity index (χ0v) is 11.1. The Bertz CT molecular complexity index is 636. The van der Waals surface area contributed by atoms with E-state index in [-0.39, 0.29) is 5.69 Å². The molecule has 0 atom stereocenters. The maximum Gasteiger partial charge on any atom is 0.416 e. The highest BCUT2D eigenvalue weighted by molar-refractivity contribution is 5.98. The molecule has 21 heavy (non-hydrogen) atoms. The summed E-state index contributed by atoms with van der Waals surface area (Å²) in [6.45, 7) is 1.93. The quantitative estimate of drug-likeness (QED) is 0.674. The minimum atomic E-state index is -4.62. The van der Waals surface area contributed by atoms with E-state index < -0.39 is 22.4 Å². The number of nitrogens with one attached hydrogen (secondary N) is 1. The highest BCUT2D eigenvalue weighted by atomic mass is 19.4. The van der Waals surface area contributed by atoms with Crippen LogP contribution < -0.4 is 5.43 Å². The number of halogens is 3. The van der Waals surface area contributed by atoms with Gasteiger partial charge in [-0.05, 0) is 38.0 Å². The summed E-state index contributed by atoms with van der Waals surface area (Å²) < 4.78 is 37.7. The Hall–Kier alpha value is -2.38. The van der Waals surface area contributed by atoms with Gasteiger partial charge in [0.15, 0.2) is 0 Å². The second-order valence-corrected chi connectivity index (χ2v) is 4.69. The van der Waals surface area contributed by atoms with Crippen LogP contribution in [0.3, 0.4) is 0 Å². The van der Waals surface area contributed by atoms with Crippen molar-refractivity contribution < 1.29 is 18.1 Å². The average molecular weight is 299 g/mol. The van der Waals surface area contributed by atoms with Gasteiger partial charge in [0.05, 0.1) is 16.2 Å². The van der Waals surface area contributed by atoms with Crippen molar-refractivity contribution in [2.75, 3.05) is 5.43 Å². The maximum atomic E-state index is 12.6. The van der Waals surface area contributed by atoms with Crippen LogP contribution in [-0.2, 0) is 6.18 Å². The van der Waals surface area contributed by atoms with E-state index in [4.69, 9.17) is 0 Å². The highest BCUT2D eigenvalue weighted by Crippen LogP contribution is 2.35. The van der Waals surface area contributed by atoms with E-state index >= 15 is 0 Å². The van der Waals surface area contributed by atoms with Crippen LogP contribution in [0.2, 0.25) is 0 Å². The monoisotopic (exact) mass is 299 g/mol. The van der Waals surface area contributed by atoms with Gasteiger partial charge >= 0.3 is 6.18 Å². The number of nitrogens with zero attached hydrogens (tertiary/aromatic N) is 2. The molecule has 5 nitrogen and oxygen atoms in total. The largest absolute Gasteiger partial charge is 0.416 e. The Labute approximate surface area is 118 Å². The first-order chi connectivity index (χ1) is 9.77. The molecule has 0 saturated heterocycles. The number of nitro groups is 1. The van der Waals surface area contributed by atoms with Crippen LogP contribution in [0.15, 0.2) is 34.9 Å². The van der Waals surface area contributed by atoms with Gasteiger partial charge in [-0.3, -0.25) is 15.5 Å². The first-order valence-electron chi connectivity index (χ1n) is 6.13. The molecule has 1 aromatic rings. The first-order valence-corrected chi connectivity index (χ1v) is 6.13. The molecule has 0 saturated carbocycles. The molecule has 0 aromatic heterocycles. The Morgan fingerprint density at radius 1 is 1.33 bits per heavy atom. The number of benzene rings is 1. The first kappa shape index (κ1) is 15.0. The lowest BCUT2D eigenvalue weighted by Gasteiger charge is -2.08. The normalized spacial score (nSPS) is 17.0. The Morgan fingerprint density at radius 3 is 2.57 bits per heavy atom. The van der Waals surface area contributed by atoms with Gasteiger partial charge in [0.2, 0.25) is 0 Å². The third-order valence-corrected chi connectivity index (χ3v) is 3.03. The molecule has 8 heteroatoms. The van der Waals surface area contributed by atoms with E-state index in [0.717, 1.165) is 24.1 Å². The van der Waals surface area contributed by atoms with E-state index in [0.29, 0.717) is 18.2 Å². The zero-order valence-electron chi connectivity index (χ0n) is 11.1. The van der Waals surface area contributed by atoms with Crippen molar-refractivity contribution in [1.29, 1.82) is 0 Å². The molecule has 0 radical (unpaired) electrons. The number of nitro benzene ring substituents is 1. The number of alkyl halides is 3. The van der Waals surface area contributed by atoms with Gasteiger partial charge in [-0.2, -0.15) is 18.3 Å². The number of rotatable bonds is 3. The summed E-state index contributed by atoms with van der Waals surface area (Å²) in [6.07, 6.45) is -1.23. The fourth-order valence-electron chi connectivity index (χ4n) is 1.93. The summed E-state index contributed by atoms with van der Waals surface area (Å²) >= 11 is 0. The number of anilines is 1. The van der Waals surface area contributed by atoms with Crippen LogP contribution in [0.25, 0.3) is 0 Å². The summed E-state index contributed by atoms with van der Waals surface area (Å²) in [6, 6.07) is 2.29. The van der Waals surface area contributed by atoms with Crippen LogP contribution in [-0.4, -0.2) is 10.6 Å². The topological polar surface area (TPSA) is 67.5 Å². The second-order valence-electron chi connectivity index (χ2n) is 4.69. The van der Waals surface area contributed by atoms with E-state index in [1.807, 2.05) is 13.0 Å². The van der Waals surface area contributed by atoms with Crippen molar-refractivity contribution in [3.05, 3.63) is 45.5 Å². The highest BCUT2D eigenvalue weighted by Gasteiger charge is 2.33. The fraction of sp³-hybridized carbons (Fsp3) is 0.308. The third-order valence-electron chi connectivity index (χ3n) is 3.03. The molecular formula is C13H12F3N3O2. The second kappa shape index (κ2) is 5.55. The lowest BCUT2D eigenvalue weighted by atomic mass is 10.1. The molecule has 0 fully saturated rings. The van der Waals surface area contributed by atoms with Gasteiger partial charge in [-0.1, -0.05) is 5.57 Å².